The van der Waals surface area contributed by atoms with Crippen LogP contribution < -0.4 is 16.8 Å². The quantitative estimate of drug-likeness (QED) is 0.694. The second kappa shape index (κ2) is 5.73. The first-order valence-corrected chi connectivity index (χ1v) is 6.17. The van der Waals surface area contributed by atoms with Gasteiger partial charge in [0.15, 0.2) is 0 Å². The van der Waals surface area contributed by atoms with Crippen LogP contribution in [0.25, 0.3) is 0 Å². The zero-order valence-corrected chi connectivity index (χ0v) is 10.3. The Balaban J connectivity index is 1.83. The molecule has 0 saturated carbocycles. The van der Waals surface area contributed by atoms with E-state index in [2.05, 4.69) is 5.32 Å². The Morgan fingerprint density at radius 1 is 1.33 bits per heavy atom. The molecule has 1 aliphatic rings. The van der Waals surface area contributed by atoms with Crippen LogP contribution in [0.1, 0.15) is 23.2 Å². The number of hydrogen-bond donors (Lipinski definition) is 3. The van der Waals surface area contributed by atoms with E-state index in [-0.39, 0.29) is 5.91 Å². The van der Waals surface area contributed by atoms with Gasteiger partial charge < -0.3 is 21.5 Å². The Kier molecular flexibility index (Phi) is 4.04. The summed E-state index contributed by atoms with van der Waals surface area (Å²) in [6, 6.07) is 4.89. The minimum Gasteiger partial charge on any atom is -0.399 e. The minimum absolute atomic E-state index is 0.132. The SMILES string of the molecule is Nc1cc(N)cc(C(=O)NCCC2CCOC2)c1. The summed E-state index contributed by atoms with van der Waals surface area (Å²) in [6.07, 6.45) is 2.03. The third-order valence-corrected chi connectivity index (χ3v) is 3.10. The molecule has 0 spiro atoms. The first kappa shape index (κ1) is 12.7. The molecule has 0 aromatic heterocycles. The molecule has 1 aromatic carbocycles. The summed E-state index contributed by atoms with van der Waals surface area (Å²) >= 11 is 0. The van der Waals surface area contributed by atoms with Crippen LogP contribution in [-0.4, -0.2) is 25.7 Å². The molecule has 2 rings (SSSR count). The van der Waals surface area contributed by atoms with E-state index >= 15 is 0 Å². The van der Waals surface area contributed by atoms with Gasteiger partial charge in [0.25, 0.3) is 5.91 Å². The van der Waals surface area contributed by atoms with Gasteiger partial charge in [0, 0.05) is 36.7 Å². The molecule has 1 fully saturated rings. The first-order valence-electron chi connectivity index (χ1n) is 6.17. The van der Waals surface area contributed by atoms with E-state index in [9.17, 15) is 4.79 Å². The highest BCUT2D eigenvalue weighted by atomic mass is 16.5. The molecular formula is C13H19N3O2. The largest absolute Gasteiger partial charge is 0.399 e. The normalized spacial score (nSPS) is 18.8. The van der Waals surface area contributed by atoms with E-state index in [1.807, 2.05) is 0 Å². The molecule has 0 bridgehead atoms. The van der Waals surface area contributed by atoms with E-state index in [1.165, 1.54) is 0 Å². The molecule has 18 heavy (non-hydrogen) atoms. The summed E-state index contributed by atoms with van der Waals surface area (Å²) in [5.41, 5.74) is 12.8. The fourth-order valence-electron chi connectivity index (χ4n) is 2.11. The minimum atomic E-state index is -0.132. The first-order chi connectivity index (χ1) is 8.65. The smallest absolute Gasteiger partial charge is 0.251 e. The van der Waals surface area contributed by atoms with Crippen LogP contribution in [-0.2, 0) is 4.74 Å². The van der Waals surface area contributed by atoms with Crippen molar-refractivity contribution in [2.45, 2.75) is 12.8 Å². The highest BCUT2D eigenvalue weighted by molar-refractivity contribution is 5.96. The van der Waals surface area contributed by atoms with Crippen molar-refractivity contribution in [1.29, 1.82) is 0 Å². The monoisotopic (exact) mass is 249 g/mol. The maximum Gasteiger partial charge on any atom is 0.251 e. The van der Waals surface area contributed by atoms with Crippen LogP contribution in [0.2, 0.25) is 0 Å². The predicted octanol–water partition coefficient (Wildman–Crippen LogP) is 1.01. The third kappa shape index (κ3) is 3.37. The molecule has 0 aliphatic carbocycles. The van der Waals surface area contributed by atoms with E-state index in [0.717, 1.165) is 26.1 Å². The Labute approximate surface area is 106 Å². The molecule has 1 saturated heterocycles. The van der Waals surface area contributed by atoms with E-state index in [0.29, 0.717) is 29.4 Å². The van der Waals surface area contributed by atoms with Crippen LogP contribution in [0.15, 0.2) is 18.2 Å². The van der Waals surface area contributed by atoms with Crippen molar-refractivity contribution >= 4 is 17.3 Å². The van der Waals surface area contributed by atoms with Crippen molar-refractivity contribution < 1.29 is 9.53 Å². The van der Waals surface area contributed by atoms with Crippen molar-refractivity contribution in [3.63, 3.8) is 0 Å². The summed E-state index contributed by atoms with van der Waals surface area (Å²) in [7, 11) is 0. The number of nitrogens with two attached hydrogens (primary N) is 2. The highest BCUT2D eigenvalue weighted by Gasteiger charge is 2.15. The van der Waals surface area contributed by atoms with Crippen LogP contribution in [0.4, 0.5) is 11.4 Å². The van der Waals surface area contributed by atoms with Gasteiger partial charge in [0.1, 0.15) is 0 Å². The van der Waals surface area contributed by atoms with Crippen molar-refractivity contribution in [2.75, 3.05) is 31.2 Å². The second-order valence-corrected chi connectivity index (χ2v) is 4.66. The summed E-state index contributed by atoms with van der Waals surface area (Å²) in [4.78, 5) is 11.9. The third-order valence-electron chi connectivity index (χ3n) is 3.10. The lowest BCUT2D eigenvalue weighted by molar-refractivity contribution is 0.0950. The number of hydrogen-bond acceptors (Lipinski definition) is 4. The number of ether oxygens (including phenoxy) is 1. The van der Waals surface area contributed by atoms with Gasteiger partial charge in [-0.1, -0.05) is 0 Å². The molecule has 5 N–H and O–H groups in total. The molecule has 5 heteroatoms. The van der Waals surface area contributed by atoms with Gasteiger partial charge >= 0.3 is 0 Å². The number of anilines is 2. The molecule has 5 nitrogen and oxygen atoms in total. The zero-order chi connectivity index (χ0) is 13.0. The van der Waals surface area contributed by atoms with Gasteiger partial charge in [-0.3, -0.25) is 4.79 Å². The van der Waals surface area contributed by atoms with Gasteiger partial charge in [-0.2, -0.15) is 0 Å². The average molecular weight is 249 g/mol. The molecule has 1 aromatic rings. The topological polar surface area (TPSA) is 90.4 Å². The van der Waals surface area contributed by atoms with E-state index in [1.54, 1.807) is 18.2 Å². The van der Waals surface area contributed by atoms with Gasteiger partial charge in [-0.05, 0) is 37.0 Å². The number of carbonyl (C=O) groups excluding carboxylic acids is 1. The number of amides is 1. The molecule has 1 unspecified atom stereocenters. The lowest BCUT2D eigenvalue weighted by Gasteiger charge is -2.09. The summed E-state index contributed by atoms with van der Waals surface area (Å²) < 4.78 is 5.28. The number of rotatable bonds is 4. The van der Waals surface area contributed by atoms with Crippen molar-refractivity contribution in [3.8, 4) is 0 Å². The number of benzene rings is 1. The second-order valence-electron chi connectivity index (χ2n) is 4.66. The van der Waals surface area contributed by atoms with Crippen molar-refractivity contribution in [2.24, 2.45) is 5.92 Å². The van der Waals surface area contributed by atoms with Gasteiger partial charge in [0.05, 0.1) is 0 Å². The van der Waals surface area contributed by atoms with Crippen LogP contribution in [0, 0.1) is 5.92 Å². The fourth-order valence-corrected chi connectivity index (χ4v) is 2.11. The molecule has 1 heterocycles. The molecule has 1 atom stereocenters. The van der Waals surface area contributed by atoms with Gasteiger partial charge in [-0.25, -0.2) is 0 Å². The summed E-state index contributed by atoms with van der Waals surface area (Å²) in [5.74, 6) is 0.434. The maximum absolute atomic E-state index is 11.9. The van der Waals surface area contributed by atoms with Crippen LogP contribution in [0.3, 0.4) is 0 Å². The van der Waals surface area contributed by atoms with Gasteiger partial charge in [-0.15, -0.1) is 0 Å². The lowest BCUT2D eigenvalue weighted by Crippen LogP contribution is -2.26. The molecule has 1 amide bonds. The number of nitrogen functional groups attached to an aromatic ring is 2. The van der Waals surface area contributed by atoms with Crippen molar-refractivity contribution in [3.05, 3.63) is 23.8 Å². The van der Waals surface area contributed by atoms with Crippen molar-refractivity contribution in [1.82, 2.24) is 5.32 Å². The predicted molar refractivity (Wildman–Crippen MR) is 71.1 cm³/mol. The molecule has 1 aliphatic heterocycles. The highest BCUT2D eigenvalue weighted by Crippen LogP contribution is 2.16. The van der Waals surface area contributed by atoms with Gasteiger partial charge in [0.2, 0.25) is 0 Å². The Morgan fingerprint density at radius 3 is 2.67 bits per heavy atom. The van der Waals surface area contributed by atoms with Crippen LogP contribution >= 0.6 is 0 Å². The van der Waals surface area contributed by atoms with E-state index in [4.69, 9.17) is 16.2 Å². The number of nitrogens with one attached hydrogen (secondary N) is 1. The van der Waals surface area contributed by atoms with Crippen LogP contribution in [0.5, 0.6) is 0 Å². The molecular weight excluding hydrogens is 230 g/mol. The molecule has 0 radical (unpaired) electrons. The Bertz CT molecular complexity index is 408. The summed E-state index contributed by atoms with van der Waals surface area (Å²) in [6.45, 7) is 2.30. The maximum atomic E-state index is 11.9. The molecule has 98 valence electrons. The standard InChI is InChI=1S/C13H19N3O2/c14-11-5-10(6-12(15)7-11)13(17)16-3-1-9-2-4-18-8-9/h5-7,9H,1-4,8,14-15H2,(H,16,17). The zero-order valence-electron chi connectivity index (χ0n) is 10.3. The Hall–Kier alpha value is -1.75. The Morgan fingerprint density at radius 2 is 2.06 bits per heavy atom. The van der Waals surface area contributed by atoms with E-state index < -0.39 is 0 Å². The fraction of sp³-hybridized carbons (Fsp3) is 0.462. The lowest BCUT2D eigenvalue weighted by atomic mass is 10.1. The number of carbonyl (C=O) groups is 1. The summed E-state index contributed by atoms with van der Waals surface area (Å²) in [5, 5.41) is 2.87. The average Bonchev–Trinajstić information content (AvgIpc) is 2.80.